The number of unbranched alkanes of at least 4 members (excludes halogenated alkanes) is 21. The molecule has 2 aromatic rings. The third-order valence-corrected chi connectivity index (χ3v) is 9.31. The van der Waals surface area contributed by atoms with E-state index < -0.39 is 0 Å². The van der Waals surface area contributed by atoms with E-state index in [4.69, 9.17) is 9.98 Å². The van der Waals surface area contributed by atoms with Gasteiger partial charge in [0.25, 0.3) is 0 Å². The van der Waals surface area contributed by atoms with Crippen molar-refractivity contribution in [1.82, 2.24) is 0 Å². The van der Waals surface area contributed by atoms with Crippen LogP contribution in [0.3, 0.4) is 0 Å². The Balaban J connectivity index is 0.0000115. The zero-order chi connectivity index (χ0) is 33.5. The first-order chi connectivity index (χ1) is 23.3. The minimum Gasteiger partial charge on any atom is -0.252 e. The molecule has 0 aliphatic heterocycles. The number of aliphatic imine (C=N–C) groups is 2. The van der Waals surface area contributed by atoms with Crippen molar-refractivity contribution < 1.29 is 16.5 Å². The largest absolute Gasteiger partial charge is 0.252 e. The molecule has 0 spiro atoms. The molecule has 0 aromatic heterocycles. The fourth-order valence-electron chi connectivity index (χ4n) is 6.31. The minimum absolute atomic E-state index is 0. The van der Waals surface area contributed by atoms with Gasteiger partial charge in [-0.05, 0) is 68.4 Å². The van der Waals surface area contributed by atoms with Crippen molar-refractivity contribution >= 4 is 28.9 Å². The molecule has 3 heteroatoms. The molecular weight excluding hydrogens is 627 g/mol. The number of para-hydroxylation sites is 1. The van der Waals surface area contributed by atoms with Gasteiger partial charge in [-0.1, -0.05) is 192 Å². The Hall–Kier alpha value is -1.99. The second kappa shape index (κ2) is 32.2. The Morgan fingerprint density at radius 1 is 0.458 bits per heavy atom. The third-order valence-electron chi connectivity index (χ3n) is 9.31. The van der Waals surface area contributed by atoms with Crippen molar-refractivity contribution in [2.24, 2.45) is 9.98 Å². The van der Waals surface area contributed by atoms with Crippen LogP contribution >= 0.6 is 0 Å². The molecule has 0 fully saturated rings. The maximum absolute atomic E-state index is 5.24. The van der Waals surface area contributed by atoms with Crippen LogP contribution in [0.4, 0.5) is 11.4 Å². The molecule has 2 nitrogen and oxygen atoms in total. The molecule has 0 amide bonds. The van der Waals surface area contributed by atoms with Crippen LogP contribution in [0.25, 0.3) is 6.08 Å². The van der Waals surface area contributed by atoms with Crippen LogP contribution in [0.2, 0.25) is 0 Å². The first kappa shape index (κ1) is 44.0. The van der Waals surface area contributed by atoms with Crippen molar-refractivity contribution in [3.05, 3.63) is 66.2 Å². The summed E-state index contributed by atoms with van der Waals surface area (Å²) in [5.41, 5.74) is 5.66. The van der Waals surface area contributed by atoms with Gasteiger partial charge in [-0.15, -0.1) is 0 Å². The Morgan fingerprint density at radius 3 is 1.44 bits per heavy atom. The van der Waals surface area contributed by atoms with Crippen LogP contribution in [0, 0.1) is 0 Å². The smallest absolute Gasteiger partial charge is 0.0639 e. The van der Waals surface area contributed by atoms with E-state index in [1.54, 1.807) is 0 Å². The third kappa shape index (κ3) is 23.4. The van der Waals surface area contributed by atoms with Gasteiger partial charge in [-0.25, -0.2) is 0 Å². The van der Waals surface area contributed by atoms with Crippen molar-refractivity contribution in [3.63, 3.8) is 0 Å². The van der Waals surface area contributed by atoms with E-state index in [1.165, 1.54) is 153 Å². The summed E-state index contributed by atoms with van der Waals surface area (Å²) >= 11 is 0. The molecule has 0 atom stereocenters. The first-order valence-corrected chi connectivity index (χ1v) is 20.2. The fourth-order valence-corrected chi connectivity index (χ4v) is 6.31. The predicted octanol–water partition coefficient (Wildman–Crippen LogP) is 15.7. The van der Waals surface area contributed by atoms with E-state index in [-0.39, 0.29) is 16.5 Å². The second-order valence-electron chi connectivity index (χ2n) is 13.8. The van der Waals surface area contributed by atoms with Gasteiger partial charge in [0, 0.05) is 16.5 Å². The summed E-state index contributed by atoms with van der Waals surface area (Å²) in [5, 5.41) is 0. The predicted molar refractivity (Wildman–Crippen MR) is 213 cm³/mol. The van der Waals surface area contributed by atoms with E-state index >= 15 is 0 Å². The molecular formula is C45H72N2Ni. The van der Waals surface area contributed by atoms with Crippen LogP contribution in [0.15, 0.2) is 70.7 Å². The minimum atomic E-state index is 0. The monoisotopic (exact) mass is 699 g/mol. The molecule has 0 unspecified atom stereocenters. The van der Waals surface area contributed by atoms with E-state index in [1.807, 2.05) is 0 Å². The zero-order valence-electron chi connectivity index (χ0n) is 31.4. The topological polar surface area (TPSA) is 24.7 Å². The Bertz CT molecular complexity index is 1090. The molecule has 0 aliphatic carbocycles. The van der Waals surface area contributed by atoms with Gasteiger partial charge in [0.2, 0.25) is 0 Å². The average Bonchev–Trinajstić information content (AvgIpc) is 3.09. The normalized spacial score (nSPS) is 12.1. The Labute approximate surface area is 308 Å². The van der Waals surface area contributed by atoms with Gasteiger partial charge in [0.1, 0.15) is 0 Å². The zero-order valence-corrected chi connectivity index (χ0v) is 32.4. The van der Waals surface area contributed by atoms with Gasteiger partial charge < -0.3 is 0 Å². The van der Waals surface area contributed by atoms with Gasteiger partial charge in [-0.3, -0.25) is 9.98 Å². The summed E-state index contributed by atoms with van der Waals surface area (Å²) in [6.07, 6.45) is 39.3. The molecule has 0 saturated carbocycles. The van der Waals surface area contributed by atoms with E-state index in [0.717, 1.165) is 42.8 Å². The molecule has 0 N–H and O–H groups in total. The van der Waals surface area contributed by atoms with Crippen LogP contribution in [0.5, 0.6) is 0 Å². The molecule has 0 bridgehead atoms. The molecule has 2 rings (SSSR count). The molecule has 0 heterocycles. The van der Waals surface area contributed by atoms with Gasteiger partial charge in [0.05, 0.1) is 22.8 Å². The second-order valence-corrected chi connectivity index (χ2v) is 13.8. The van der Waals surface area contributed by atoms with Crippen LogP contribution in [-0.4, -0.2) is 11.4 Å². The van der Waals surface area contributed by atoms with Crippen LogP contribution < -0.4 is 0 Å². The van der Waals surface area contributed by atoms with Gasteiger partial charge >= 0.3 is 0 Å². The summed E-state index contributed by atoms with van der Waals surface area (Å²) < 4.78 is 0. The summed E-state index contributed by atoms with van der Waals surface area (Å²) in [7, 11) is 0. The fraction of sp³-hybridized carbons (Fsp3) is 0.644. The number of allylic oxidation sites excluding steroid dienone is 1. The molecule has 272 valence electrons. The Kier molecular flexibility index (Phi) is 29.6. The first-order valence-electron chi connectivity index (χ1n) is 20.2. The van der Waals surface area contributed by atoms with Crippen LogP contribution in [0.1, 0.15) is 193 Å². The summed E-state index contributed by atoms with van der Waals surface area (Å²) in [4.78, 5) is 10.4. The summed E-state index contributed by atoms with van der Waals surface area (Å²) in [6, 6.07) is 19.2. The van der Waals surface area contributed by atoms with Crippen molar-refractivity contribution in [2.45, 2.75) is 188 Å². The van der Waals surface area contributed by atoms with Crippen molar-refractivity contribution in [1.29, 1.82) is 0 Å². The molecule has 48 heavy (non-hydrogen) atoms. The molecule has 0 aliphatic rings. The summed E-state index contributed by atoms with van der Waals surface area (Å²) in [5.74, 6) is 0. The molecule has 0 radical (unpaired) electrons. The maximum Gasteiger partial charge on any atom is 0.0639 e. The SMILES string of the molecule is CCCCCCCCCCCCCCCCCCCC=Cc1cccc(N=C(CCCC)C(CCCCCC)=Nc2ccccc2)c1.[Ni]. The van der Waals surface area contributed by atoms with Crippen molar-refractivity contribution in [2.75, 3.05) is 0 Å². The average molecular weight is 700 g/mol. The number of hydrogen-bond acceptors (Lipinski definition) is 2. The van der Waals surface area contributed by atoms with Crippen LogP contribution in [-0.2, 0) is 16.5 Å². The quantitative estimate of drug-likeness (QED) is 0.0441. The number of benzene rings is 2. The Morgan fingerprint density at radius 2 is 0.896 bits per heavy atom. The molecule has 0 saturated heterocycles. The van der Waals surface area contributed by atoms with Gasteiger partial charge in [-0.2, -0.15) is 0 Å². The standard InChI is InChI=1S/C45H72N2.Ni/c1-4-7-10-12-13-14-15-16-17-18-19-20-21-22-23-24-25-26-28-33-41-34-32-37-43(40-41)47-44(38-9-6-3)45(39-31-11-8-5-2)46-42-35-29-27-30-36-42;/h27-30,32-37,40H,4-26,31,38-39H2,1-3H3;. The van der Waals surface area contributed by atoms with E-state index in [2.05, 4.69) is 87.5 Å². The van der Waals surface area contributed by atoms with Gasteiger partial charge in [0.15, 0.2) is 0 Å². The maximum atomic E-state index is 5.24. The summed E-state index contributed by atoms with van der Waals surface area (Å²) in [6.45, 7) is 6.84. The van der Waals surface area contributed by atoms with E-state index in [9.17, 15) is 0 Å². The number of hydrogen-bond donors (Lipinski definition) is 0. The number of nitrogens with zero attached hydrogens (tertiary/aromatic N) is 2. The van der Waals surface area contributed by atoms with E-state index in [0.29, 0.717) is 0 Å². The van der Waals surface area contributed by atoms with Crippen molar-refractivity contribution in [3.8, 4) is 0 Å². The molecule has 2 aromatic carbocycles. The number of rotatable bonds is 30.